The SMILES string of the molecule is COc1cccc(CN[C@@H]2[C@@H](O)CO[C@@H]2Cn2cc(C3CC3)nn2)c1. The van der Waals surface area contributed by atoms with Gasteiger partial charge in [-0.05, 0) is 30.5 Å². The second-order valence-corrected chi connectivity index (χ2v) is 6.84. The van der Waals surface area contributed by atoms with E-state index in [9.17, 15) is 5.11 Å². The molecule has 4 rings (SSSR count). The van der Waals surface area contributed by atoms with Crippen LogP contribution in [0.15, 0.2) is 30.5 Å². The summed E-state index contributed by atoms with van der Waals surface area (Å²) in [6.07, 6.45) is 3.77. The zero-order valence-corrected chi connectivity index (χ0v) is 14.3. The summed E-state index contributed by atoms with van der Waals surface area (Å²) >= 11 is 0. The molecule has 0 unspecified atom stereocenters. The number of nitrogens with one attached hydrogen (secondary N) is 1. The van der Waals surface area contributed by atoms with Crippen molar-refractivity contribution in [2.45, 2.75) is 50.1 Å². The Kier molecular flexibility index (Phi) is 4.70. The maximum Gasteiger partial charge on any atom is 0.119 e. The summed E-state index contributed by atoms with van der Waals surface area (Å²) in [5, 5.41) is 22.1. The minimum Gasteiger partial charge on any atom is -0.497 e. The molecule has 2 fully saturated rings. The Morgan fingerprint density at radius 1 is 1.40 bits per heavy atom. The summed E-state index contributed by atoms with van der Waals surface area (Å²) < 4.78 is 12.9. The second kappa shape index (κ2) is 7.11. The number of rotatable bonds is 7. The number of methoxy groups -OCH3 is 1. The number of nitrogens with zero attached hydrogens (tertiary/aromatic N) is 3. The molecule has 2 aliphatic rings. The van der Waals surface area contributed by atoms with Crippen LogP contribution in [0.2, 0.25) is 0 Å². The number of ether oxygens (including phenoxy) is 2. The van der Waals surface area contributed by atoms with Crippen LogP contribution in [0.5, 0.6) is 5.75 Å². The molecule has 134 valence electrons. The van der Waals surface area contributed by atoms with Crippen molar-refractivity contribution >= 4 is 0 Å². The zero-order chi connectivity index (χ0) is 17.2. The van der Waals surface area contributed by atoms with Crippen LogP contribution in [0, 0.1) is 0 Å². The van der Waals surface area contributed by atoms with E-state index < -0.39 is 6.10 Å². The van der Waals surface area contributed by atoms with Crippen LogP contribution in [-0.4, -0.2) is 52.1 Å². The first-order chi connectivity index (χ1) is 12.2. The Morgan fingerprint density at radius 3 is 3.08 bits per heavy atom. The van der Waals surface area contributed by atoms with Crippen molar-refractivity contribution < 1.29 is 14.6 Å². The predicted octanol–water partition coefficient (Wildman–Crippen LogP) is 1.08. The molecule has 2 N–H and O–H groups in total. The normalized spacial score (nSPS) is 26.1. The van der Waals surface area contributed by atoms with Crippen LogP contribution >= 0.6 is 0 Å². The third-order valence-corrected chi connectivity index (χ3v) is 4.89. The summed E-state index contributed by atoms with van der Waals surface area (Å²) in [7, 11) is 1.66. The van der Waals surface area contributed by atoms with Gasteiger partial charge in [0.25, 0.3) is 0 Å². The van der Waals surface area contributed by atoms with Crippen molar-refractivity contribution in [1.29, 1.82) is 0 Å². The molecule has 7 heteroatoms. The van der Waals surface area contributed by atoms with E-state index in [0.717, 1.165) is 17.0 Å². The van der Waals surface area contributed by atoms with Gasteiger partial charge in [-0.1, -0.05) is 17.3 Å². The minimum absolute atomic E-state index is 0.130. The molecule has 0 radical (unpaired) electrons. The van der Waals surface area contributed by atoms with E-state index in [-0.39, 0.29) is 12.1 Å². The van der Waals surface area contributed by atoms with Crippen molar-refractivity contribution in [2.75, 3.05) is 13.7 Å². The van der Waals surface area contributed by atoms with Crippen LogP contribution < -0.4 is 10.1 Å². The number of aromatic nitrogens is 3. The third kappa shape index (κ3) is 3.84. The van der Waals surface area contributed by atoms with Gasteiger partial charge < -0.3 is 19.9 Å². The minimum atomic E-state index is -0.526. The fourth-order valence-electron chi connectivity index (χ4n) is 3.28. The number of aliphatic hydroxyl groups excluding tert-OH is 1. The average Bonchev–Trinajstić information content (AvgIpc) is 3.29. The molecule has 2 aromatic rings. The first kappa shape index (κ1) is 16.5. The van der Waals surface area contributed by atoms with E-state index in [2.05, 4.69) is 15.6 Å². The van der Waals surface area contributed by atoms with E-state index in [1.807, 2.05) is 35.1 Å². The van der Waals surface area contributed by atoms with Gasteiger partial charge in [-0.15, -0.1) is 5.10 Å². The van der Waals surface area contributed by atoms with Crippen LogP contribution in [0.3, 0.4) is 0 Å². The Morgan fingerprint density at radius 2 is 2.28 bits per heavy atom. The lowest BCUT2D eigenvalue weighted by atomic mass is 10.1. The van der Waals surface area contributed by atoms with E-state index >= 15 is 0 Å². The predicted molar refractivity (Wildman–Crippen MR) is 91.4 cm³/mol. The molecule has 1 saturated heterocycles. The fourth-order valence-corrected chi connectivity index (χ4v) is 3.28. The van der Waals surface area contributed by atoms with Gasteiger partial charge >= 0.3 is 0 Å². The van der Waals surface area contributed by atoms with Gasteiger partial charge in [0, 0.05) is 18.7 Å². The van der Waals surface area contributed by atoms with E-state index in [0.29, 0.717) is 25.6 Å². The molecule has 7 nitrogen and oxygen atoms in total. The van der Waals surface area contributed by atoms with Crippen LogP contribution in [0.1, 0.15) is 30.0 Å². The van der Waals surface area contributed by atoms with Gasteiger partial charge in [0.15, 0.2) is 0 Å². The number of benzene rings is 1. The second-order valence-electron chi connectivity index (χ2n) is 6.84. The smallest absolute Gasteiger partial charge is 0.119 e. The van der Waals surface area contributed by atoms with Crippen molar-refractivity contribution in [3.05, 3.63) is 41.7 Å². The molecule has 2 heterocycles. The lowest BCUT2D eigenvalue weighted by Crippen LogP contribution is -2.45. The highest BCUT2D eigenvalue weighted by Gasteiger charge is 2.36. The molecule has 0 spiro atoms. The highest BCUT2D eigenvalue weighted by Crippen LogP contribution is 2.38. The molecule has 3 atom stereocenters. The summed E-state index contributed by atoms with van der Waals surface area (Å²) in [5.74, 6) is 1.42. The first-order valence-electron chi connectivity index (χ1n) is 8.79. The maximum absolute atomic E-state index is 10.3. The van der Waals surface area contributed by atoms with Gasteiger partial charge in [0.05, 0.1) is 44.2 Å². The maximum atomic E-state index is 10.3. The summed E-state index contributed by atoms with van der Waals surface area (Å²) in [6, 6.07) is 7.76. The Hall–Kier alpha value is -1.96. The Labute approximate surface area is 146 Å². The summed E-state index contributed by atoms with van der Waals surface area (Å²) in [6.45, 7) is 1.57. The topological polar surface area (TPSA) is 81.4 Å². The molecular formula is C18H24N4O3. The van der Waals surface area contributed by atoms with Gasteiger partial charge in [0.2, 0.25) is 0 Å². The summed E-state index contributed by atoms with van der Waals surface area (Å²) in [4.78, 5) is 0. The summed E-state index contributed by atoms with van der Waals surface area (Å²) in [5.41, 5.74) is 2.17. The van der Waals surface area contributed by atoms with E-state index in [4.69, 9.17) is 9.47 Å². The molecule has 0 amide bonds. The first-order valence-corrected chi connectivity index (χ1v) is 8.79. The van der Waals surface area contributed by atoms with Crippen molar-refractivity contribution in [3.8, 4) is 5.75 Å². The van der Waals surface area contributed by atoms with Crippen molar-refractivity contribution in [2.24, 2.45) is 0 Å². The molecule has 1 aliphatic carbocycles. The van der Waals surface area contributed by atoms with Gasteiger partial charge in [0.1, 0.15) is 5.75 Å². The highest BCUT2D eigenvalue weighted by atomic mass is 16.5. The average molecular weight is 344 g/mol. The van der Waals surface area contributed by atoms with E-state index in [1.165, 1.54) is 12.8 Å². The van der Waals surface area contributed by atoms with Crippen molar-refractivity contribution in [3.63, 3.8) is 0 Å². The number of aliphatic hydroxyl groups is 1. The fraction of sp³-hybridized carbons (Fsp3) is 0.556. The Balaban J connectivity index is 1.37. The lowest BCUT2D eigenvalue weighted by molar-refractivity contribution is 0.0741. The quantitative estimate of drug-likeness (QED) is 0.782. The Bertz CT molecular complexity index is 716. The van der Waals surface area contributed by atoms with Crippen molar-refractivity contribution in [1.82, 2.24) is 20.3 Å². The molecular weight excluding hydrogens is 320 g/mol. The standard InChI is InChI=1S/C18H24N4O3/c1-24-14-4-2-3-12(7-14)8-19-18-16(23)11-25-17(18)10-22-9-15(20-21-22)13-5-6-13/h2-4,7,9,13,16-19,23H,5-6,8,10-11H2,1H3/t16-,17+,18+/m0/s1. The monoisotopic (exact) mass is 344 g/mol. The lowest BCUT2D eigenvalue weighted by Gasteiger charge is -2.21. The van der Waals surface area contributed by atoms with E-state index in [1.54, 1.807) is 7.11 Å². The van der Waals surface area contributed by atoms with Crippen LogP contribution in [0.4, 0.5) is 0 Å². The van der Waals surface area contributed by atoms with Crippen LogP contribution in [0.25, 0.3) is 0 Å². The molecule has 25 heavy (non-hydrogen) atoms. The van der Waals surface area contributed by atoms with Crippen LogP contribution in [-0.2, 0) is 17.8 Å². The largest absolute Gasteiger partial charge is 0.497 e. The van der Waals surface area contributed by atoms with Gasteiger partial charge in [-0.2, -0.15) is 0 Å². The molecule has 1 aromatic carbocycles. The number of hydrogen-bond acceptors (Lipinski definition) is 6. The highest BCUT2D eigenvalue weighted by molar-refractivity contribution is 5.28. The molecule has 1 saturated carbocycles. The van der Waals surface area contributed by atoms with Gasteiger partial charge in [-0.25, -0.2) is 4.68 Å². The molecule has 1 aromatic heterocycles. The number of hydrogen-bond donors (Lipinski definition) is 2. The third-order valence-electron chi connectivity index (χ3n) is 4.89. The molecule has 0 bridgehead atoms. The molecule has 1 aliphatic heterocycles. The van der Waals surface area contributed by atoms with Gasteiger partial charge in [-0.3, -0.25) is 0 Å². The zero-order valence-electron chi connectivity index (χ0n) is 14.3.